The van der Waals surface area contributed by atoms with E-state index in [-0.39, 0.29) is 11.2 Å². The zero-order valence-electron chi connectivity index (χ0n) is 6.42. The zero-order valence-corrected chi connectivity index (χ0v) is 7.23. The van der Waals surface area contributed by atoms with Crippen LogP contribution in [0, 0.1) is 0 Å². The van der Waals surface area contributed by atoms with E-state index in [1.807, 2.05) is 13.8 Å². The number of nitrogens with zero attached hydrogens (tertiary/aromatic N) is 1. The van der Waals surface area contributed by atoms with Crippen molar-refractivity contribution in [1.82, 2.24) is 0 Å². The Morgan fingerprint density at radius 1 is 1.60 bits per heavy atom. The fourth-order valence-corrected chi connectivity index (χ4v) is 1.12. The number of carbonyl (C=O) groups is 1. The van der Waals surface area contributed by atoms with Crippen molar-refractivity contribution in [1.29, 1.82) is 0 Å². The molecule has 3 nitrogen and oxygen atoms in total. The lowest BCUT2D eigenvalue weighted by Crippen LogP contribution is -2.04. The van der Waals surface area contributed by atoms with E-state index in [0.29, 0.717) is 5.17 Å². The molecule has 1 aliphatic heterocycles. The molecular weight excluding hydrogens is 148 g/mol. The van der Waals surface area contributed by atoms with Crippen molar-refractivity contribution >= 4 is 22.8 Å². The third-order valence-electron chi connectivity index (χ3n) is 0.866. The van der Waals surface area contributed by atoms with Gasteiger partial charge in [-0.2, -0.15) is 4.99 Å². The average Bonchev–Trinajstić information content (AvgIpc) is 2.16. The monoisotopic (exact) mass is 160 g/mol. The van der Waals surface area contributed by atoms with Crippen LogP contribution in [0.1, 0.15) is 20.8 Å². The van der Waals surface area contributed by atoms with E-state index >= 15 is 0 Å². The average molecular weight is 160 g/mol. The van der Waals surface area contributed by atoms with Gasteiger partial charge in [0.2, 0.25) is 0 Å². The van der Waals surface area contributed by atoms with Gasteiger partial charge >= 0.3 is 0 Å². The van der Waals surface area contributed by atoms with Gasteiger partial charge in [0.1, 0.15) is 0 Å². The lowest BCUT2D eigenvalue weighted by atomic mass is 10.5. The summed E-state index contributed by atoms with van der Waals surface area (Å²) in [7, 11) is 0. The number of amidine groups is 1. The summed E-state index contributed by atoms with van der Waals surface area (Å²) in [6.07, 6.45) is 0. The van der Waals surface area contributed by atoms with Gasteiger partial charge in [-0.1, -0.05) is 25.6 Å². The van der Waals surface area contributed by atoms with Crippen LogP contribution in [-0.2, 0) is 4.79 Å². The number of carbonyl (C=O) groups excluding carboxylic acids is 1. The molecule has 0 aromatic carbocycles. The first-order chi connectivity index (χ1) is 4.70. The molecule has 4 heteroatoms. The number of hydrogen-bond donors (Lipinski definition) is 1. The minimum atomic E-state index is -0.118. The normalized spacial score (nSPS) is 23.3. The summed E-state index contributed by atoms with van der Waals surface area (Å²) in [6.45, 7) is 5.79. The summed E-state index contributed by atoms with van der Waals surface area (Å²) < 4.78 is 0. The molecule has 0 bridgehead atoms. The molecule has 0 fully saturated rings. The molecule has 1 heterocycles. The fourth-order valence-electron chi connectivity index (χ4n) is 0.457. The van der Waals surface area contributed by atoms with Gasteiger partial charge in [-0.3, -0.25) is 4.79 Å². The van der Waals surface area contributed by atoms with Crippen LogP contribution in [0.25, 0.3) is 0 Å². The number of thioether (sulfide) groups is 1. The van der Waals surface area contributed by atoms with Crippen molar-refractivity contribution in [2.45, 2.75) is 26.0 Å². The van der Waals surface area contributed by atoms with Crippen LogP contribution in [0.2, 0.25) is 0 Å². The Morgan fingerprint density at radius 3 is 2.20 bits per heavy atom. The van der Waals surface area contributed by atoms with Crippen LogP contribution < -0.4 is 5.73 Å². The van der Waals surface area contributed by atoms with Gasteiger partial charge in [0.15, 0.2) is 5.17 Å². The Balaban J connectivity index is 0.000000371. The smallest absolute Gasteiger partial charge is 0.261 e. The summed E-state index contributed by atoms with van der Waals surface area (Å²) in [5.74, 6) is -0.118. The Hall–Kier alpha value is -0.510. The molecule has 58 valence electrons. The topological polar surface area (TPSA) is 55.4 Å². The molecular formula is C6H12N2OS. The van der Waals surface area contributed by atoms with Crippen molar-refractivity contribution in [3.05, 3.63) is 0 Å². The van der Waals surface area contributed by atoms with Crippen molar-refractivity contribution in [2.75, 3.05) is 0 Å². The summed E-state index contributed by atoms with van der Waals surface area (Å²) in [5.41, 5.74) is 5.21. The van der Waals surface area contributed by atoms with Gasteiger partial charge < -0.3 is 5.73 Å². The Kier molecular flexibility index (Phi) is 4.11. The van der Waals surface area contributed by atoms with E-state index in [9.17, 15) is 4.79 Å². The lowest BCUT2D eigenvalue weighted by Gasteiger charge is -1.90. The highest BCUT2D eigenvalue weighted by Crippen LogP contribution is 2.17. The summed E-state index contributed by atoms with van der Waals surface area (Å²) in [4.78, 5) is 14.0. The van der Waals surface area contributed by atoms with Crippen LogP contribution >= 0.6 is 11.8 Å². The maximum absolute atomic E-state index is 10.5. The van der Waals surface area contributed by atoms with E-state index in [1.165, 1.54) is 11.8 Å². The Labute approximate surface area is 65.1 Å². The summed E-state index contributed by atoms with van der Waals surface area (Å²) in [6, 6.07) is 0. The minimum Gasteiger partial charge on any atom is -0.378 e. The molecule has 0 saturated carbocycles. The lowest BCUT2D eigenvalue weighted by molar-refractivity contribution is -0.116. The molecule has 1 unspecified atom stereocenters. The number of rotatable bonds is 0. The molecule has 0 aromatic heterocycles. The van der Waals surface area contributed by atoms with E-state index in [1.54, 1.807) is 6.92 Å². The van der Waals surface area contributed by atoms with E-state index < -0.39 is 0 Å². The second-order valence-corrected chi connectivity index (χ2v) is 2.91. The quantitative estimate of drug-likeness (QED) is 0.575. The maximum atomic E-state index is 10.5. The van der Waals surface area contributed by atoms with E-state index in [0.717, 1.165) is 0 Å². The van der Waals surface area contributed by atoms with Gasteiger partial charge in [0.25, 0.3) is 5.91 Å². The molecule has 0 spiro atoms. The molecule has 1 rings (SSSR count). The summed E-state index contributed by atoms with van der Waals surface area (Å²) >= 11 is 1.31. The van der Waals surface area contributed by atoms with Crippen LogP contribution in [-0.4, -0.2) is 16.3 Å². The number of amides is 1. The zero-order chi connectivity index (χ0) is 8.15. The first-order valence-corrected chi connectivity index (χ1v) is 4.13. The third kappa shape index (κ3) is 2.39. The highest BCUT2D eigenvalue weighted by Gasteiger charge is 2.21. The van der Waals surface area contributed by atoms with Crippen molar-refractivity contribution < 1.29 is 4.79 Å². The Morgan fingerprint density at radius 2 is 2.10 bits per heavy atom. The van der Waals surface area contributed by atoms with E-state index in [4.69, 9.17) is 5.73 Å². The fraction of sp³-hybridized carbons (Fsp3) is 0.667. The van der Waals surface area contributed by atoms with Gasteiger partial charge in [0.05, 0.1) is 5.25 Å². The van der Waals surface area contributed by atoms with Gasteiger partial charge in [-0.05, 0) is 6.92 Å². The third-order valence-corrected chi connectivity index (χ3v) is 1.75. The molecule has 10 heavy (non-hydrogen) atoms. The number of aliphatic imine (C=N–C) groups is 1. The highest BCUT2D eigenvalue weighted by atomic mass is 32.2. The Bertz CT molecular complexity index is 156. The molecule has 2 N–H and O–H groups in total. The molecule has 1 amide bonds. The van der Waals surface area contributed by atoms with Gasteiger partial charge in [-0.25, -0.2) is 0 Å². The maximum Gasteiger partial charge on any atom is 0.261 e. The minimum absolute atomic E-state index is 0.0602. The van der Waals surface area contributed by atoms with Crippen molar-refractivity contribution in [3.63, 3.8) is 0 Å². The van der Waals surface area contributed by atoms with Crippen molar-refractivity contribution in [3.8, 4) is 0 Å². The molecule has 1 atom stereocenters. The predicted octanol–water partition coefficient (Wildman–Crippen LogP) is 0.989. The second kappa shape index (κ2) is 4.33. The molecule has 0 aromatic rings. The molecule has 0 aliphatic carbocycles. The van der Waals surface area contributed by atoms with Gasteiger partial charge in [0, 0.05) is 0 Å². The van der Waals surface area contributed by atoms with E-state index in [2.05, 4.69) is 4.99 Å². The number of nitrogens with two attached hydrogens (primary N) is 1. The highest BCUT2D eigenvalue weighted by molar-refractivity contribution is 8.15. The number of hydrogen-bond acceptors (Lipinski definition) is 3. The first kappa shape index (κ1) is 9.49. The second-order valence-electron chi connectivity index (χ2n) is 1.55. The largest absolute Gasteiger partial charge is 0.378 e. The summed E-state index contributed by atoms with van der Waals surface area (Å²) in [5, 5.41) is 0.331. The van der Waals surface area contributed by atoms with Gasteiger partial charge in [-0.15, -0.1) is 0 Å². The SMILES string of the molecule is CC.CC1SC(N)=NC1=O. The first-order valence-electron chi connectivity index (χ1n) is 3.25. The van der Waals surface area contributed by atoms with Crippen molar-refractivity contribution in [2.24, 2.45) is 10.7 Å². The molecule has 0 saturated heterocycles. The van der Waals surface area contributed by atoms with Crippen LogP contribution in [0.4, 0.5) is 0 Å². The van der Waals surface area contributed by atoms with Crippen LogP contribution in [0.5, 0.6) is 0 Å². The molecule has 1 aliphatic rings. The molecule has 0 radical (unpaired) electrons. The standard InChI is InChI=1S/C4H6N2OS.C2H6/c1-2-3(7)6-4(5)8-2;1-2/h2H,1H3,(H2,5,6,7);1-2H3. The predicted molar refractivity (Wildman–Crippen MR) is 45.0 cm³/mol. The van der Waals surface area contributed by atoms with Crippen LogP contribution in [0.3, 0.4) is 0 Å². The van der Waals surface area contributed by atoms with Crippen LogP contribution in [0.15, 0.2) is 4.99 Å².